The van der Waals surface area contributed by atoms with Crippen LogP contribution in [0.4, 0.5) is 0 Å². The molecule has 0 saturated carbocycles. The summed E-state index contributed by atoms with van der Waals surface area (Å²) in [6.07, 6.45) is 0.788. The predicted octanol–water partition coefficient (Wildman–Crippen LogP) is -0.393. The van der Waals surface area contributed by atoms with Crippen LogP contribution in [0.25, 0.3) is 0 Å². The predicted molar refractivity (Wildman–Crippen MR) is 57.4 cm³/mol. The maximum absolute atomic E-state index is 11.7. The summed E-state index contributed by atoms with van der Waals surface area (Å²) in [5.41, 5.74) is 7.18. The Hall–Kier alpha value is -1.20. The van der Waals surface area contributed by atoms with Crippen LogP contribution >= 0.6 is 0 Å². The van der Waals surface area contributed by atoms with Crippen LogP contribution < -0.4 is 11.3 Å². The molecule has 0 bridgehead atoms. The Bertz CT molecular complexity index is 412. The molecule has 0 radical (unpaired) electrons. The van der Waals surface area contributed by atoms with Gasteiger partial charge in [0.25, 0.3) is 5.56 Å². The van der Waals surface area contributed by atoms with Crippen molar-refractivity contribution in [2.75, 3.05) is 13.1 Å². The first-order valence-corrected chi connectivity index (χ1v) is 5.28. The average molecular weight is 208 g/mol. The minimum absolute atomic E-state index is 0.0174. The van der Waals surface area contributed by atoms with E-state index in [1.165, 1.54) is 0 Å². The fraction of sp³-hybridized carbons (Fsp3) is 0.600. The molecule has 1 aliphatic heterocycles. The summed E-state index contributed by atoms with van der Waals surface area (Å²) in [6.45, 7) is 5.10. The van der Waals surface area contributed by atoms with Crippen LogP contribution in [0.15, 0.2) is 4.79 Å². The van der Waals surface area contributed by atoms with E-state index in [1.807, 2.05) is 0 Å². The second-order valence-electron chi connectivity index (χ2n) is 3.76. The number of fused-ring (bicyclic) bond motifs is 1. The minimum Gasteiger partial charge on any atom is -0.324 e. The van der Waals surface area contributed by atoms with E-state index in [0.717, 1.165) is 37.3 Å². The van der Waals surface area contributed by atoms with Crippen molar-refractivity contribution in [3.63, 3.8) is 0 Å². The molecule has 1 aromatic rings. The molecule has 0 atom stereocenters. The van der Waals surface area contributed by atoms with Gasteiger partial charge in [-0.25, -0.2) is 4.98 Å². The summed E-state index contributed by atoms with van der Waals surface area (Å²) in [5.74, 6) is 0.580. The van der Waals surface area contributed by atoms with E-state index in [0.29, 0.717) is 5.82 Å². The molecular formula is C10H16N4O. The number of hydrogen-bond donors (Lipinski definition) is 2. The zero-order valence-corrected chi connectivity index (χ0v) is 8.92. The highest BCUT2D eigenvalue weighted by Crippen LogP contribution is 2.12. The normalized spacial score (nSPS) is 16.4. The molecular weight excluding hydrogens is 192 g/mol. The van der Waals surface area contributed by atoms with E-state index < -0.39 is 0 Å². The number of nitrogens with one attached hydrogen (secondary N) is 1. The Morgan fingerprint density at radius 1 is 1.60 bits per heavy atom. The molecule has 1 aromatic heterocycles. The van der Waals surface area contributed by atoms with Gasteiger partial charge >= 0.3 is 0 Å². The summed E-state index contributed by atoms with van der Waals surface area (Å²) in [4.78, 5) is 21.0. The van der Waals surface area contributed by atoms with Gasteiger partial charge in [0.05, 0.1) is 12.2 Å². The van der Waals surface area contributed by atoms with E-state index in [2.05, 4.69) is 21.8 Å². The topological polar surface area (TPSA) is 75.0 Å². The van der Waals surface area contributed by atoms with Gasteiger partial charge < -0.3 is 10.7 Å². The third-order valence-electron chi connectivity index (χ3n) is 2.84. The number of nitrogens with zero attached hydrogens (tertiary/aromatic N) is 2. The zero-order valence-electron chi connectivity index (χ0n) is 8.92. The van der Waals surface area contributed by atoms with Crippen LogP contribution in [0.2, 0.25) is 0 Å². The Morgan fingerprint density at radius 2 is 2.40 bits per heavy atom. The van der Waals surface area contributed by atoms with Crippen LogP contribution in [-0.2, 0) is 19.5 Å². The molecule has 0 spiro atoms. The number of likely N-dealkylation sites (N-methyl/N-ethyl adjacent to an activating group) is 1. The Morgan fingerprint density at radius 3 is 3.07 bits per heavy atom. The molecule has 2 heterocycles. The molecule has 0 saturated heterocycles. The molecule has 3 N–H and O–H groups in total. The van der Waals surface area contributed by atoms with Gasteiger partial charge in [0.2, 0.25) is 0 Å². The Kier molecular flexibility index (Phi) is 2.83. The van der Waals surface area contributed by atoms with Crippen LogP contribution in [-0.4, -0.2) is 28.0 Å². The first kappa shape index (κ1) is 10.3. The third-order valence-corrected chi connectivity index (χ3v) is 2.84. The molecule has 0 fully saturated rings. The number of H-pyrrole nitrogens is 1. The molecule has 5 nitrogen and oxygen atoms in total. The summed E-state index contributed by atoms with van der Waals surface area (Å²) in [6, 6.07) is 0. The van der Waals surface area contributed by atoms with Crippen molar-refractivity contribution >= 4 is 0 Å². The number of hydrogen-bond acceptors (Lipinski definition) is 4. The van der Waals surface area contributed by atoms with Crippen molar-refractivity contribution < 1.29 is 0 Å². The summed E-state index contributed by atoms with van der Waals surface area (Å²) >= 11 is 0. The molecule has 1 aliphatic rings. The number of aromatic nitrogens is 2. The van der Waals surface area contributed by atoms with Crippen molar-refractivity contribution in [1.29, 1.82) is 0 Å². The van der Waals surface area contributed by atoms with E-state index in [4.69, 9.17) is 5.73 Å². The molecule has 15 heavy (non-hydrogen) atoms. The zero-order chi connectivity index (χ0) is 10.8. The molecule has 0 unspecified atom stereocenters. The van der Waals surface area contributed by atoms with Gasteiger partial charge in [0.1, 0.15) is 5.82 Å². The first-order valence-electron chi connectivity index (χ1n) is 5.28. The second kappa shape index (κ2) is 4.12. The molecule has 0 amide bonds. The highest BCUT2D eigenvalue weighted by Gasteiger charge is 2.19. The van der Waals surface area contributed by atoms with Crippen LogP contribution in [0.3, 0.4) is 0 Å². The highest BCUT2D eigenvalue weighted by atomic mass is 16.1. The third kappa shape index (κ3) is 1.93. The summed E-state index contributed by atoms with van der Waals surface area (Å²) in [5, 5.41) is 0. The molecule has 82 valence electrons. The lowest BCUT2D eigenvalue weighted by atomic mass is 10.1. The maximum Gasteiger partial charge on any atom is 0.254 e. The van der Waals surface area contributed by atoms with Crippen molar-refractivity contribution in [3.8, 4) is 0 Å². The maximum atomic E-state index is 11.7. The van der Waals surface area contributed by atoms with Gasteiger partial charge in [-0.2, -0.15) is 0 Å². The molecule has 5 heteroatoms. The quantitative estimate of drug-likeness (QED) is 0.694. The fourth-order valence-electron chi connectivity index (χ4n) is 1.91. The Labute approximate surface area is 88.3 Å². The molecule has 0 aromatic carbocycles. The van der Waals surface area contributed by atoms with Gasteiger partial charge in [-0.3, -0.25) is 9.69 Å². The number of aromatic amines is 1. The first-order chi connectivity index (χ1) is 7.24. The van der Waals surface area contributed by atoms with E-state index in [1.54, 1.807) is 0 Å². The van der Waals surface area contributed by atoms with Gasteiger partial charge in [-0.1, -0.05) is 6.92 Å². The second-order valence-corrected chi connectivity index (χ2v) is 3.76. The van der Waals surface area contributed by atoms with Gasteiger partial charge in [0.15, 0.2) is 0 Å². The van der Waals surface area contributed by atoms with E-state index in [-0.39, 0.29) is 12.1 Å². The van der Waals surface area contributed by atoms with Gasteiger partial charge in [-0.05, 0) is 13.0 Å². The van der Waals surface area contributed by atoms with Crippen molar-refractivity contribution in [2.45, 2.75) is 26.4 Å². The SMILES string of the molecule is CCN1CCc2c(nc(CN)[nH]c2=O)C1. The van der Waals surface area contributed by atoms with Crippen LogP contribution in [0.1, 0.15) is 24.0 Å². The Balaban J connectivity index is 2.40. The average Bonchev–Trinajstić information content (AvgIpc) is 2.28. The standard InChI is InChI=1S/C10H16N4O/c1-2-14-4-3-7-8(6-14)12-9(5-11)13-10(7)15/h2-6,11H2,1H3,(H,12,13,15). The highest BCUT2D eigenvalue weighted by molar-refractivity contribution is 5.20. The lowest BCUT2D eigenvalue weighted by Gasteiger charge is -2.26. The van der Waals surface area contributed by atoms with Crippen molar-refractivity contribution in [2.24, 2.45) is 5.73 Å². The largest absolute Gasteiger partial charge is 0.324 e. The van der Waals surface area contributed by atoms with Gasteiger partial charge in [0, 0.05) is 18.7 Å². The van der Waals surface area contributed by atoms with Crippen molar-refractivity contribution in [1.82, 2.24) is 14.9 Å². The lowest BCUT2D eigenvalue weighted by Crippen LogP contribution is -2.35. The number of nitrogens with two attached hydrogens (primary N) is 1. The summed E-state index contributed by atoms with van der Waals surface area (Å²) < 4.78 is 0. The monoisotopic (exact) mass is 208 g/mol. The van der Waals surface area contributed by atoms with E-state index >= 15 is 0 Å². The van der Waals surface area contributed by atoms with E-state index in [9.17, 15) is 4.79 Å². The smallest absolute Gasteiger partial charge is 0.254 e. The minimum atomic E-state index is -0.0174. The fourth-order valence-corrected chi connectivity index (χ4v) is 1.91. The number of rotatable bonds is 2. The summed E-state index contributed by atoms with van der Waals surface area (Å²) in [7, 11) is 0. The van der Waals surface area contributed by atoms with Crippen molar-refractivity contribution in [3.05, 3.63) is 27.4 Å². The van der Waals surface area contributed by atoms with Gasteiger partial charge in [-0.15, -0.1) is 0 Å². The molecule has 0 aliphatic carbocycles. The van der Waals surface area contributed by atoms with Crippen LogP contribution in [0.5, 0.6) is 0 Å². The van der Waals surface area contributed by atoms with Crippen LogP contribution in [0, 0.1) is 0 Å². The lowest BCUT2D eigenvalue weighted by molar-refractivity contribution is 0.262. The molecule has 2 rings (SSSR count).